The van der Waals surface area contributed by atoms with Gasteiger partial charge in [0.1, 0.15) is 12.3 Å². The van der Waals surface area contributed by atoms with Crippen LogP contribution >= 0.6 is 0 Å². The van der Waals surface area contributed by atoms with Crippen molar-refractivity contribution in [3.63, 3.8) is 0 Å². The number of carboxylic acids is 1. The summed E-state index contributed by atoms with van der Waals surface area (Å²) in [4.78, 5) is 23.8. The van der Waals surface area contributed by atoms with Crippen LogP contribution in [-0.4, -0.2) is 48.8 Å². The molecule has 1 aromatic heterocycles. The third kappa shape index (κ3) is 5.01. The zero-order valence-electron chi connectivity index (χ0n) is 11.0. The van der Waals surface area contributed by atoms with Gasteiger partial charge < -0.3 is 24.5 Å². The smallest absolute Gasteiger partial charge is 0.323 e. The minimum absolute atomic E-state index is 0.208. The molecule has 0 saturated carbocycles. The van der Waals surface area contributed by atoms with E-state index in [4.69, 9.17) is 14.3 Å². The molecule has 1 rings (SSSR count). The van der Waals surface area contributed by atoms with E-state index in [1.807, 2.05) is 0 Å². The minimum Gasteiger partial charge on any atom is -0.480 e. The maximum absolute atomic E-state index is 11.9. The van der Waals surface area contributed by atoms with Crippen LogP contribution in [0.25, 0.3) is 0 Å². The first-order chi connectivity index (χ1) is 9.04. The van der Waals surface area contributed by atoms with E-state index >= 15 is 0 Å². The fourth-order valence-corrected chi connectivity index (χ4v) is 1.50. The molecule has 0 radical (unpaired) electrons. The molecule has 106 valence electrons. The lowest BCUT2D eigenvalue weighted by molar-refractivity contribution is -0.137. The first-order valence-electron chi connectivity index (χ1n) is 5.84. The van der Waals surface area contributed by atoms with Crippen molar-refractivity contribution in [1.82, 2.24) is 10.2 Å². The summed E-state index contributed by atoms with van der Waals surface area (Å²) in [5.41, 5.74) is 0. The second-order valence-electron chi connectivity index (χ2n) is 3.99. The molecule has 0 aliphatic rings. The maximum atomic E-state index is 11.9. The molecule has 1 aromatic rings. The number of carbonyl (C=O) groups excluding carboxylic acids is 1. The predicted molar refractivity (Wildman–Crippen MR) is 66.7 cm³/mol. The van der Waals surface area contributed by atoms with Crippen molar-refractivity contribution in [3.8, 4) is 0 Å². The lowest BCUT2D eigenvalue weighted by Crippen LogP contribution is -2.45. The van der Waals surface area contributed by atoms with E-state index in [0.717, 1.165) is 0 Å². The third-order valence-corrected chi connectivity index (χ3v) is 2.49. The van der Waals surface area contributed by atoms with Gasteiger partial charge in [-0.05, 0) is 19.1 Å². The molecule has 0 saturated heterocycles. The molecule has 7 heteroatoms. The Morgan fingerprint density at radius 2 is 2.32 bits per heavy atom. The van der Waals surface area contributed by atoms with Crippen molar-refractivity contribution >= 4 is 12.0 Å². The quantitative estimate of drug-likeness (QED) is 0.773. The van der Waals surface area contributed by atoms with Gasteiger partial charge in [-0.1, -0.05) is 0 Å². The number of ether oxygens (including phenoxy) is 1. The number of nitrogens with zero attached hydrogens (tertiary/aromatic N) is 1. The molecular formula is C12H18N2O5. The molecule has 2 amide bonds. The second kappa shape index (κ2) is 7.42. The van der Waals surface area contributed by atoms with Crippen molar-refractivity contribution in [2.24, 2.45) is 0 Å². The van der Waals surface area contributed by atoms with Crippen LogP contribution in [0.15, 0.2) is 22.8 Å². The summed E-state index contributed by atoms with van der Waals surface area (Å²) in [6.07, 6.45) is 1.51. The summed E-state index contributed by atoms with van der Waals surface area (Å²) < 4.78 is 10.0. The van der Waals surface area contributed by atoms with Gasteiger partial charge in [0.15, 0.2) is 0 Å². The van der Waals surface area contributed by atoms with Gasteiger partial charge >= 0.3 is 12.0 Å². The Morgan fingerprint density at radius 3 is 2.84 bits per heavy atom. The summed E-state index contributed by atoms with van der Waals surface area (Å²) in [7, 11) is 1.49. The molecule has 0 spiro atoms. The van der Waals surface area contributed by atoms with E-state index in [9.17, 15) is 9.59 Å². The largest absolute Gasteiger partial charge is 0.480 e. The summed E-state index contributed by atoms with van der Waals surface area (Å²) >= 11 is 0. The zero-order valence-corrected chi connectivity index (χ0v) is 11.0. The number of methoxy groups -OCH3 is 1. The molecular weight excluding hydrogens is 252 g/mol. The number of furan rings is 1. The van der Waals surface area contributed by atoms with Crippen molar-refractivity contribution in [2.75, 3.05) is 26.8 Å². The topological polar surface area (TPSA) is 92.0 Å². The van der Waals surface area contributed by atoms with E-state index in [2.05, 4.69) is 5.32 Å². The Kier molecular flexibility index (Phi) is 5.87. The van der Waals surface area contributed by atoms with Gasteiger partial charge in [-0.2, -0.15) is 0 Å². The average molecular weight is 270 g/mol. The van der Waals surface area contributed by atoms with Gasteiger partial charge in [0.2, 0.25) is 0 Å². The second-order valence-corrected chi connectivity index (χ2v) is 3.99. The number of carbonyl (C=O) groups is 2. The molecule has 0 aromatic carbocycles. The van der Waals surface area contributed by atoms with E-state index < -0.39 is 12.0 Å². The van der Waals surface area contributed by atoms with Gasteiger partial charge in [-0.15, -0.1) is 0 Å². The average Bonchev–Trinajstić information content (AvgIpc) is 2.87. The van der Waals surface area contributed by atoms with Crippen molar-refractivity contribution in [2.45, 2.75) is 13.0 Å². The number of urea groups is 1. The summed E-state index contributed by atoms with van der Waals surface area (Å²) in [6.45, 7) is 1.86. The SMILES string of the molecule is COCCN(CC(=O)O)C(=O)NC(C)c1ccco1. The van der Waals surface area contributed by atoms with E-state index in [1.54, 1.807) is 19.1 Å². The highest BCUT2D eigenvalue weighted by atomic mass is 16.5. The van der Waals surface area contributed by atoms with Crippen molar-refractivity contribution in [1.29, 1.82) is 0 Å². The molecule has 7 nitrogen and oxygen atoms in total. The van der Waals surface area contributed by atoms with Gasteiger partial charge in [0, 0.05) is 13.7 Å². The molecule has 2 N–H and O–H groups in total. The molecule has 19 heavy (non-hydrogen) atoms. The number of hydrogen-bond acceptors (Lipinski definition) is 4. The highest BCUT2D eigenvalue weighted by Gasteiger charge is 2.19. The number of hydrogen-bond donors (Lipinski definition) is 2. The minimum atomic E-state index is -1.07. The number of carboxylic acid groups (broad SMARTS) is 1. The lowest BCUT2D eigenvalue weighted by Gasteiger charge is -2.22. The van der Waals surface area contributed by atoms with Crippen LogP contribution in [0.2, 0.25) is 0 Å². The van der Waals surface area contributed by atoms with E-state index in [-0.39, 0.29) is 25.7 Å². The molecule has 0 aliphatic heterocycles. The number of rotatable bonds is 7. The van der Waals surface area contributed by atoms with Crippen molar-refractivity contribution < 1.29 is 23.8 Å². The van der Waals surface area contributed by atoms with Crippen LogP contribution in [0.3, 0.4) is 0 Å². The monoisotopic (exact) mass is 270 g/mol. The van der Waals surface area contributed by atoms with Crippen LogP contribution in [0.4, 0.5) is 4.79 Å². The Labute approximate surface area is 111 Å². The Hall–Kier alpha value is -2.02. The summed E-state index contributed by atoms with van der Waals surface area (Å²) in [5.74, 6) is -0.465. The highest BCUT2D eigenvalue weighted by molar-refractivity contribution is 5.80. The zero-order chi connectivity index (χ0) is 14.3. The standard InChI is InChI=1S/C12H18N2O5/c1-9(10-4-3-6-19-10)13-12(17)14(5-7-18-2)8-11(15)16/h3-4,6,9H,5,7-8H2,1-2H3,(H,13,17)(H,15,16). The van der Waals surface area contributed by atoms with Crippen LogP contribution in [-0.2, 0) is 9.53 Å². The lowest BCUT2D eigenvalue weighted by atomic mass is 10.2. The van der Waals surface area contributed by atoms with E-state index in [1.165, 1.54) is 18.3 Å². The summed E-state index contributed by atoms with van der Waals surface area (Å²) in [6, 6.07) is 2.66. The van der Waals surface area contributed by atoms with Crippen LogP contribution in [0.1, 0.15) is 18.7 Å². The normalized spacial score (nSPS) is 11.9. The Morgan fingerprint density at radius 1 is 1.58 bits per heavy atom. The third-order valence-electron chi connectivity index (χ3n) is 2.49. The maximum Gasteiger partial charge on any atom is 0.323 e. The fraction of sp³-hybridized carbons (Fsp3) is 0.500. The van der Waals surface area contributed by atoms with E-state index in [0.29, 0.717) is 5.76 Å². The van der Waals surface area contributed by atoms with Crippen molar-refractivity contribution in [3.05, 3.63) is 24.2 Å². The molecule has 0 bridgehead atoms. The molecule has 1 heterocycles. The van der Waals surface area contributed by atoms with Crippen LogP contribution < -0.4 is 5.32 Å². The van der Waals surface area contributed by atoms with Gasteiger partial charge in [0.05, 0.1) is 18.9 Å². The fourth-order valence-electron chi connectivity index (χ4n) is 1.50. The molecule has 0 aliphatic carbocycles. The molecule has 1 atom stereocenters. The Bertz CT molecular complexity index is 404. The van der Waals surface area contributed by atoms with Gasteiger partial charge in [0.25, 0.3) is 0 Å². The summed E-state index contributed by atoms with van der Waals surface area (Å²) in [5, 5.41) is 11.4. The number of aliphatic carboxylic acids is 1. The van der Waals surface area contributed by atoms with Gasteiger partial charge in [-0.3, -0.25) is 4.79 Å². The number of nitrogens with one attached hydrogen (secondary N) is 1. The Balaban J connectivity index is 2.57. The number of amides is 2. The first-order valence-corrected chi connectivity index (χ1v) is 5.84. The van der Waals surface area contributed by atoms with Crippen LogP contribution in [0, 0.1) is 0 Å². The molecule has 0 fully saturated rings. The van der Waals surface area contributed by atoms with Crippen LogP contribution in [0.5, 0.6) is 0 Å². The first kappa shape index (κ1) is 15.0. The molecule has 1 unspecified atom stereocenters. The highest BCUT2D eigenvalue weighted by Crippen LogP contribution is 2.12. The van der Waals surface area contributed by atoms with Gasteiger partial charge in [-0.25, -0.2) is 4.79 Å². The predicted octanol–water partition coefficient (Wildman–Crippen LogP) is 1.08.